The van der Waals surface area contributed by atoms with Gasteiger partial charge in [0.2, 0.25) is 0 Å². The summed E-state index contributed by atoms with van der Waals surface area (Å²) < 4.78 is 11.3. The van der Waals surface area contributed by atoms with E-state index in [4.69, 9.17) is 21.7 Å². The van der Waals surface area contributed by atoms with Gasteiger partial charge in [0.25, 0.3) is 0 Å². The fourth-order valence-corrected chi connectivity index (χ4v) is 2.14. The molecule has 0 aliphatic carbocycles. The summed E-state index contributed by atoms with van der Waals surface area (Å²) in [6.07, 6.45) is 1.65. The van der Waals surface area contributed by atoms with Crippen molar-refractivity contribution in [2.24, 2.45) is 5.10 Å². The highest BCUT2D eigenvalue weighted by atomic mass is 79.9. The summed E-state index contributed by atoms with van der Waals surface area (Å²) in [5.74, 6) is 1.29. The zero-order chi connectivity index (χ0) is 15.1. The first-order valence-electron chi connectivity index (χ1n) is 5.99. The largest absolute Gasteiger partial charge is 0.493 e. The molecule has 110 valence electrons. The number of hydrogen-bond donors (Lipinski definition) is 2. The first-order chi connectivity index (χ1) is 9.47. The SMILES string of the molecule is COc1cc(Br)c(/C=N\NC(=S)NC(C)C)cc1OC. The number of ether oxygens (including phenoxy) is 2. The molecule has 0 amide bonds. The van der Waals surface area contributed by atoms with Crippen molar-refractivity contribution in [3.63, 3.8) is 0 Å². The van der Waals surface area contributed by atoms with Crippen LogP contribution >= 0.6 is 28.1 Å². The summed E-state index contributed by atoms with van der Waals surface area (Å²) in [6, 6.07) is 3.91. The Morgan fingerprint density at radius 3 is 2.45 bits per heavy atom. The second kappa shape index (κ2) is 8.06. The second-order valence-electron chi connectivity index (χ2n) is 4.23. The van der Waals surface area contributed by atoms with Gasteiger partial charge in [-0.15, -0.1) is 0 Å². The molecule has 0 radical (unpaired) electrons. The molecular formula is C13H18BrN3O2S. The molecule has 0 heterocycles. The Morgan fingerprint density at radius 2 is 1.90 bits per heavy atom. The third-order valence-corrected chi connectivity index (χ3v) is 3.19. The van der Waals surface area contributed by atoms with Gasteiger partial charge in [0.05, 0.1) is 20.4 Å². The van der Waals surface area contributed by atoms with Crippen molar-refractivity contribution < 1.29 is 9.47 Å². The molecule has 0 unspecified atom stereocenters. The lowest BCUT2D eigenvalue weighted by atomic mass is 10.2. The molecule has 1 aromatic rings. The van der Waals surface area contributed by atoms with Crippen molar-refractivity contribution in [3.8, 4) is 11.5 Å². The fourth-order valence-electron chi connectivity index (χ4n) is 1.42. The van der Waals surface area contributed by atoms with Crippen LogP contribution in [0, 0.1) is 0 Å². The highest BCUT2D eigenvalue weighted by Gasteiger charge is 2.08. The molecule has 0 saturated heterocycles. The number of nitrogens with one attached hydrogen (secondary N) is 2. The zero-order valence-corrected chi connectivity index (χ0v) is 14.3. The van der Waals surface area contributed by atoms with Crippen LogP contribution in [0.2, 0.25) is 0 Å². The van der Waals surface area contributed by atoms with Crippen molar-refractivity contribution in [1.29, 1.82) is 0 Å². The van der Waals surface area contributed by atoms with Gasteiger partial charge in [-0.1, -0.05) is 0 Å². The summed E-state index contributed by atoms with van der Waals surface area (Å²) >= 11 is 8.53. The predicted molar refractivity (Wildman–Crippen MR) is 88.8 cm³/mol. The van der Waals surface area contributed by atoms with E-state index in [2.05, 4.69) is 31.8 Å². The molecule has 0 aliphatic heterocycles. The van der Waals surface area contributed by atoms with Crippen molar-refractivity contribution in [2.75, 3.05) is 14.2 Å². The highest BCUT2D eigenvalue weighted by molar-refractivity contribution is 9.10. The van der Waals surface area contributed by atoms with E-state index in [1.165, 1.54) is 0 Å². The topological polar surface area (TPSA) is 54.9 Å². The molecule has 0 aromatic heterocycles. The molecule has 1 aromatic carbocycles. The van der Waals surface area contributed by atoms with Gasteiger partial charge in [-0.05, 0) is 54.1 Å². The van der Waals surface area contributed by atoms with E-state index in [9.17, 15) is 0 Å². The lowest BCUT2D eigenvalue weighted by Crippen LogP contribution is -2.36. The average molecular weight is 360 g/mol. The van der Waals surface area contributed by atoms with E-state index in [1.54, 1.807) is 20.4 Å². The third-order valence-electron chi connectivity index (χ3n) is 2.29. The Hall–Kier alpha value is -1.34. The Morgan fingerprint density at radius 1 is 1.30 bits per heavy atom. The first-order valence-corrected chi connectivity index (χ1v) is 7.19. The van der Waals surface area contributed by atoms with Crippen molar-refractivity contribution in [1.82, 2.24) is 10.7 Å². The van der Waals surface area contributed by atoms with Crippen LogP contribution in [0.15, 0.2) is 21.7 Å². The number of rotatable bonds is 5. The van der Waals surface area contributed by atoms with Crippen molar-refractivity contribution in [3.05, 3.63) is 22.2 Å². The molecule has 0 bridgehead atoms. The van der Waals surface area contributed by atoms with Gasteiger partial charge in [0, 0.05) is 16.1 Å². The Bertz CT molecular complexity index is 507. The lowest BCUT2D eigenvalue weighted by Gasteiger charge is -2.11. The van der Waals surface area contributed by atoms with Gasteiger partial charge in [0.1, 0.15) is 0 Å². The van der Waals surface area contributed by atoms with E-state index in [0.29, 0.717) is 16.6 Å². The standard InChI is InChI=1S/C13H18BrN3O2S/c1-8(2)16-13(20)17-15-7-9-5-11(18-3)12(19-4)6-10(9)14/h5-8H,1-4H3,(H2,16,17,20)/b15-7-. The highest BCUT2D eigenvalue weighted by Crippen LogP contribution is 2.32. The number of benzene rings is 1. The zero-order valence-electron chi connectivity index (χ0n) is 11.9. The smallest absolute Gasteiger partial charge is 0.187 e. The molecule has 0 saturated carbocycles. The summed E-state index contributed by atoms with van der Waals surface area (Å²) in [4.78, 5) is 0. The molecule has 0 spiro atoms. The Labute approximate surface area is 132 Å². The molecule has 5 nitrogen and oxygen atoms in total. The van der Waals surface area contributed by atoms with Crippen LogP contribution in [0.25, 0.3) is 0 Å². The summed E-state index contributed by atoms with van der Waals surface area (Å²) in [6.45, 7) is 4.01. The molecular weight excluding hydrogens is 342 g/mol. The minimum absolute atomic E-state index is 0.262. The fraction of sp³-hybridized carbons (Fsp3) is 0.385. The Balaban J connectivity index is 2.79. The molecule has 7 heteroatoms. The molecule has 0 aliphatic rings. The number of nitrogens with zero attached hydrogens (tertiary/aromatic N) is 1. The minimum atomic E-state index is 0.262. The minimum Gasteiger partial charge on any atom is -0.493 e. The van der Waals surface area contributed by atoms with Gasteiger partial charge in [-0.25, -0.2) is 0 Å². The molecule has 20 heavy (non-hydrogen) atoms. The van der Waals surface area contributed by atoms with Crippen molar-refractivity contribution in [2.45, 2.75) is 19.9 Å². The number of thiocarbonyl (C=S) groups is 1. The van der Waals surface area contributed by atoms with Crippen LogP contribution in [0.3, 0.4) is 0 Å². The maximum atomic E-state index is 5.25. The van der Waals surface area contributed by atoms with E-state index < -0.39 is 0 Å². The quantitative estimate of drug-likeness (QED) is 0.480. The van der Waals surface area contributed by atoms with Crippen LogP contribution < -0.4 is 20.2 Å². The first kappa shape index (κ1) is 16.7. The molecule has 0 fully saturated rings. The monoisotopic (exact) mass is 359 g/mol. The van der Waals surface area contributed by atoms with Crippen molar-refractivity contribution >= 4 is 39.5 Å². The predicted octanol–water partition coefficient (Wildman–Crippen LogP) is 2.67. The van der Waals surface area contributed by atoms with Crippen LogP contribution in [-0.2, 0) is 0 Å². The van der Waals surface area contributed by atoms with Gasteiger partial charge in [-0.3, -0.25) is 5.43 Å². The van der Waals surface area contributed by atoms with Crippen LogP contribution in [0.1, 0.15) is 19.4 Å². The van der Waals surface area contributed by atoms with Crippen LogP contribution in [-0.4, -0.2) is 31.6 Å². The number of halogens is 1. The number of methoxy groups -OCH3 is 2. The van der Waals surface area contributed by atoms with E-state index in [-0.39, 0.29) is 6.04 Å². The van der Waals surface area contributed by atoms with Gasteiger partial charge < -0.3 is 14.8 Å². The average Bonchev–Trinajstić information content (AvgIpc) is 2.39. The van der Waals surface area contributed by atoms with Crippen LogP contribution in [0.5, 0.6) is 11.5 Å². The summed E-state index contributed by atoms with van der Waals surface area (Å²) in [7, 11) is 3.18. The maximum absolute atomic E-state index is 5.25. The third kappa shape index (κ3) is 4.97. The molecule has 1 rings (SSSR count). The Kier molecular flexibility index (Phi) is 6.74. The van der Waals surface area contributed by atoms with Gasteiger partial charge in [0.15, 0.2) is 16.6 Å². The lowest BCUT2D eigenvalue weighted by molar-refractivity contribution is 0.354. The summed E-state index contributed by atoms with van der Waals surface area (Å²) in [5, 5.41) is 7.60. The van der Waals surface area contributed by atoms with E-state index in [0.717, 1.165) is 10.0 Å². The van der Waals surface area contributed by atoms with Gasteiger partial charge >= 0.3 is 0 Å². The number of hydrogen-bond acceptors (Lipinski definition) is 4. The normalized spacial score (nSPS) is 10.7. The maximum Gasteiger partial charge on any atom is 0.187 e. The van der Waals surface area contributed by atoms with E-state index >= 15 is 0 Å². The van der Waals surface area contributed by atoms with E-state index in [1.807, 2.05) is 26.0 Å². The molecule has 0 atom stereocenters. The van der Waals surface area contributed by atoms with Crippen LogP contribution in [0.4, 0.5) is 0 Å². The van der Waals surface area contributed by atoms with Gasteiger partial charge in [-0.2, -0.15) is 5.10 Å². The molecule has 2 N–H and O–H groups in total. The second-order valence-corrected chi connectivity index (χ2v) is 5.49. The number of hydrazone groups is 1. The summed E-state index contributed by atoms with van der Waals surface area (Å²) in [5.41, 5.74) is 3.60.